The molecule has 1 saturated heterocycles. The van der Waals surface area contributed by atoms with Gasteiger partial charge in [0, 0.05) is 13.1 Å². The van der Waals surface area contributed by atoms with Crippen molar-refractivity contribution in [1.29, 1.82) is 0 Å². The molecule has 1 aromatic rings. The molecule has 0 aromatic heterocycles. The van der Waals surface area contributed by atoms with Gasteiger partial charge in [0.05, 0.1) is 12.7 Å². The molecule has 5 heteroatoms. The fourth-order valence-corrected chi connectivity index (χ4v) is 1.80. The monoisotopic (exact) mass is 207 g/mol. The molecule has 1 aliphatic heterocycles. The molecule has 1 atom stereocenters. The molecule has 0 aliphatic carbocycles. The van der Waals surface area contributed by atoms with Crippen molar-refractivity contribution in [2.75, 3.05) is 19.7 Å². The summed E-state index contributed by atoms with van der Waals surface area (Å²) in [5, 5.41) is 21.6. The Morgan fingerprint density at radius 3 is 2.80 bits per heavy atom. The fourth-order valence-electron chi connectivity index (χ4n) is 1.80. The largest absolute Gasteiger partial charge is 0.488 e. The van der Waals surface area contributed by atoms with E-state index in [0.29, 0.717) is 18.6 Å². The molecule has 1 heterocycles. The Morgan fingerprint density at radius 2 is 2.13 bits per heavy atom. The van der Waals surface area contributed by atoms with Gasteiger partial charge in [-0.15, -0.1) is 0 Å². The number of hydrogen-bond donors (Lipinski definition) is 3. The van der Waals surface area contributed by atoms with Crippen molar-refractivity contribution in [1.82, 2.24) is 5.32 Å². The zero-order valence-electron chi connectivity index (χ0n) is 8.39. The summed E-state index contributed by atoms with van der Waals surface area (Å²) >= 11 is 0. The highest BCUT2D eigenvalue weighted by atomic mass is 16.5. The predicted molar refractivity (Wildman–Crippen MR) is 57.8 cm³/mol. The second kappa shape index (κ2) is 4.76. The summed E-state index contributed by atoms with van der Waals surface area (Å²) in [6.45, 7) is 2.21. The Morgan fingerprint density at radius 1 is 1.33 bits per heavy atom. The van der Waals surface area contributed by atoms with E-state index in [1.807, 2.05) is 12.1 Å². The molecular formula is C10H14BNO3. The van der Waals surface area contributed by atoms with Gasteiger partial charge in [0.15, 0.2) is 0 Å². The van der Waals surface area contributed by atoms with Gasteiger partial charge in [0.25, 0.3) is 0 Å². The minimum atomic E-state index is -1.44. The first-order valence-electron chi connectivity index (χ1n) is 5.06. The van der Waals surface area contributed by atoms with Crippen LogP contribution in [0.1, 0.15) is 11.7 Å². The fraction of sp³-hybridized carbons (Fsp3) is 0.400. The molecule has 1 aliphatic rings. The standard InChI is InChI=1S/C10H14BNO3/c13-11(14)9-4-2-1-3-8(9)10-7-12-5-6-15-10/h1-4,10,12-14H,5-7H2. The van der Waals surface area contributed by atoms with Crippen LogP contribution in [0.5, 0.6) is 0 Å². The highest BCUT2D eigenvalue weighted by Crippen LogP contribution is 2.16. The van der Waals surface area contributed by atoms with Gasteiger partial charge in [0.1, 0.15) is 0 Å². The van der Waals surface area contributed by atoms with Crippen LogP contribution in [0.25, 0.3) is 0 Å². The van der Waals surface area contributed by atoms with Gasteiger partial charge in [-0.3, -0.25) is 0 Å². The molecule has 0 saturated carbocycles. The average Bonchev–Trinajstić information content (AvgIpc) is 2.30. The lowest BCUT2D eigenvalue weighted by Crippen LogP contribution is -2.39. The maximum atomic E-state index is 9.21. The third kappa shape index (κ3) is 2.38. The van der Waals surface area contributed by atoms with E-state index in [1.54, 1.807) is 12.1 Å². The number of benzene rings is 1. The number of nitrogens with one attached hydrogen (secondary N) is 1. The van der Waals surface area contributed by atoms with Crippen LogP contribution in [0.4, 0.5) is 0 Å². The second-order valence-electron chi connectivity index (χ2n) is 3.57. The number of ether oxygens (including phenoxy) is 1. The Labute approximate surface area is 89.0 Å². The quantitative estimate of drug-likeness (QED) is 0.546. The molecule has 3 N–H and O–H groups in total. The Kier molecular flexibility index (Phi) is 3.38. The van der Waals surface area contributed by atoms with Crippen molar-refractivity contribution < 1.29 is 14.8 Å². The Balaban J connectivity index is 2.25. The molecule has 0 spiro atoms. The molecule has 1 fully saturated rings. The smallest absolute Gasteiger partial charge is 0.423 e. The van der Waals surface area contributed by atoms with Gasteiger partial charge in [-0.2, -0.15) is 0 Å². The topological polar surface area (TPSA) is 61.7 Å². The van der Waals surface area contributed by atoms with Crippen molar-refractivity contribution >= 4 is 12.6 Å². The molecule has 1 unspecified atom stereocenters. The first-order chi connectivity index (χ1) is 7.29. The normalized spacial score (nSPS) is 21.3. The van der Waals surface area contributed by atoms with Crippen molar-refractivity contribution in [2.45, 2.75) is 6.10 Å². The van der Waals surface area contributed by atoms with E-state index in [4.69, 9.17) is 4.74 Å². The zero-order valence-corrected chi connectivity index (χ0v) is 8.39. The van der Waals surface area contributed by atoms with E-state index in [2.05, 4.69) is 5.32 Å². The van der Waals surface area contributed by atoms with E-state index < -0.39 is 7.12 Å². The zero-order chi connectivity index (χ0) is 10.7. The number of hydrogen-bond acceptors (Lipinski definition) is 4. The first-order valence-corrected chi connectivity index (χ1v) is 5.06. The van der Waals surface area contributed by atoms with E-state index in [1.165, 1.54) is 0 Å². The summed E-state index contributed by atoms with van der Waals surface area (Å²) < 4.78 is 5.57. The van der Waals surface area contributed by atoms with Crippen LogP contribution in [-0.2, 0) is 4.74 Å². The van der Waals surface area contributed by atoms with Crippen molar-refractivity contribution in [3.05, 3.63) is 29.8 Å². The van der Waals surface area contributed by atoms with Crippen molar-refractivity contribution in [2.24, 2.45) is 0 Å². The van der Waals surface area contributed by atoms with Gasteiger partial charge in [-0.05, 0) is 11.0 Å². The van der Waals surface area contributed by atoms with Gasteiger partial charge in [-0.1, -0.05) is 24.3 Å². The van der Waals surface area contributed by atoms with E-state index >= 15 is 0 Å². The molecule has 0 amide bonds. The molecule has 80 valence electrons. The van der Waals surface area contributed by atoms with Crippen LogP contribution in [0.2, 0.25) is 0 Å². The molecule has 0 bridgehead atoms. The second-order valence-corrected chi connectivity index (χ2v) is 3.57. The van der Waals surface area contributed by atoms with Crippen LogP contribution in [0, 0.1) is 0 Å². The molecule has 15 heavy (non-hydrogen) atoms. The predicted octanol–water partition coefficient (Wildman–Crippen LogP) is -0.973. The van der Waals surface area contributed by atoms with Gasteiger partial charge < -0.3 is 20.1 Å². The summed E-state index contributed by atoms with van der Waals surface area (Å²) in [6.07, 6.45) is -0.0863. The minimum Gasteiger partial charge on any atom is -0.423 e. The van der Waals surface area contributed by atoms with Crippen LogP contribution in [0.3, 0.4) is 0 Å². The van der Waals surface area contributed by atoms with E-state index in [-0.39, 0.29) is 6.10 Å². The van der Waals surface area contributed by atoms with Crippen LogP contribution in [0.15, 0.2) is 24.3 Å². The van der Waals surface area contributed by atoms with Crippen LogP contribution in [-0.4, -0.2) is 36.9 Å². The highest BCUT2D eigenvalue weighted by molar-refractivity contribution is 6.59. The summed E-state index contributed by atoms with van der Waals surface area (Å²) in [5.74, 6) is 0. The lowest BCUT2D eigenvalue weighted by Gasteiger charge is -2.25. The van der Waals surface area contributed by atoms with Gasteiger partial charge in [0.2, 0.25) is 0 Å². The van der Waals surface area contributed by atoms with Crippen molar-refractivity contribution in [3.63, 3.8) is 0 Å². The summed E-state index contributed by atoms with van der Waals surface area (Å²) in [6, 6.07) is 7.23. The van der Waals surface area contributed by atoms with Crippen LogP contribution >= 0.6 is 0 Å². The third-order valence-corrected chi connectivity index (χ3v) is 2.55. The third-order valence-electron chi connectivity index (χ3n) is 2.55. The maximum Gasteiger partial charge on any atom is 0.488 e. The lowest BCUT2D eigenvalue weighted by molar-refractivity contribution is 0.0281. The Hall–Kier alpha value is -0.875. The highest BCUT2D eigenvalue weighted by Gasteiger charge is 2.23. The molecule has 4 nitrogen and oxygen atoms in total. The van der Waals surface area contributed by atoms with Crippen molar-refractivity contribution in [3.8, 4) is 0 Å². The average molecular weight is 207 g/mol. The van der Waals surface area contributed by atoms with Crippen LogP contribution < -0.4 is 10.8 Å². The van der Waals surface area contributed by atoms with E-state index in [9.17, 15) is 10.0 Å². The first kappa shape index (κ1) is 10.6. The van der Waals surface area contributed by atoms with Gasteiger partial charge in [-0.25, -0.2) is 0 Å². The number of morpholine rings is 1. The van der Waals surface area contributed by atoms with Gasteiger partial charge >= 0.3 is 7.12 Å². The number of rotatable bonds is 2. The lowest BCUT2D eigenvalue weighted by atomic mass is 9.75. The Bertz CT molecular complexity index is 326. The molecule has 2 rings (SSSR count). The van der Waals surface area contributed by atoms with E-state index in [0.717, 1.165) is 12.1 Å². The molecular weight excluding hydrogens is 193 g/mol. The summed E-state index contributed by atoms with van der Waals surface area (Å²) in [7, 11) is -1.44. The summed E-state index contributed by atoms with van der Waals surface area (Å²) in [5.41, 5.74) is 1.37. The summed E-state index contributed by atoms with van der Waals surface area (Å²) in [4.78, 5) is 0. The molecule has 0 radical (unpaired) electrons. The minimum absolute atomic E-state index is 0.0863. The maximum absolute atomic E-state index is 9.21. The SMILES string of the molecule is OB(O)c1ccccc1C1CNCCO1. The molecule has 1 aromatic carbocycles.